The quantitative estimate of drug-likeness (QED) is 0.167. The van der Waals surface area contributed by atoms with Gasteiger partial charge in [-0.1, -0.05) is 0 Å². The van der Waals surface area contributed by atoms with E-state index in [9.17, 15) is 40.2 Å². The van der Waals surface area contributed by atoms with Gasteiger partial charge in [0.25, 0.3) is 0 Å². The number of benzene rings is 4. The molecule has 2 aromatic heterocycles. The summed E-state index contributed by atoms with van der Waals surface area (Å²) in [6, 6.07) is 14.9. The van der Waals surface area contributed by atoms with Crippen LogP contribution in [0.5, 0.6) is 46.0 Å². The van der Waals surface area contributed by atoms with Gasteiger partial charge < -0.3 is 44.2 Å². The van der Waals surface area contributed by atoms with Crippen LogP contribution in [0.15, 0.2) is 91.2 Å². The summed E-state index contributed by atoms with van der Waals surface area (Å²) in [5, 5.41) is 60.3. The van der Waals surface area contributed by atoms with Gasteiger partial charge in [-0.05, 0) is 36.4 Å². The molecule has 0 aliphatic heterocycles. The van der Waals surface area contributed by atoms with Gasteiger partial charge in [-0.3, -0.25) is 9.59 Å². The molecule has 0 atom stereocenters. The van der Waals surface area contributed by atoms with Gasteiger partial charge >= 0.3 is 0 Å². The Morgan fingerprint density at radius 3 is 1.54 bits per heavy atom. The summed E-state index contributed by atoms with van der Waals surface area (Å²) in [5.41, 5.74) is -0.657. The summed E-state index contributed by atoms with van der Waals surface area (Å²) in [4.78, 5) is 25.1. The van der Waals surface area contributed by atoms with E-state index in [1.54, 1.807) is 0 Å². The first kappa shape index (κ1) is 25.2. The van der Waals surface area contributed by atoms with E-state index >= 15 is 0 Å². The highest BCUT2D eigenvalue weighted by Gasteiger charge is 2.17. The molecule has 0 bridgehead atoms. The molecule has 2 heterocycles. The van der Waals surface area contributed by atoms with Gasteiger partial charge in [-0.25, -0.2) is 0 Å². The number of phenolic OH excluding ortho intramolecular Hbond substituents is 6. The second-order valence-electron chi connectivity index (χ2n) is 9.09. The Hall–Kier alpha value is -6.10. The fourth-order valence-electron chi connectivity index (χ4n) is 4.42. The van der Waals surface area contributed by atoms with Crippen LogP contribution < -0.4 is 15.6 Å². The van der Waals surface area contributed by atoms with Gasteiger partial charge in [-0.2, -0.15) is 0 Å². The molecule has 0 unspecified atom stereocenters. The van der Waals surface area contributed by atoms with Crippen LogP contribution >= 0.6 is 0 Å². The van der Waals surface area contributed by atoms with Crippen LogP contribution in [-0.4, -0.2) is 30.6 Å². The van der Waals surface area contributed by atoms with Crippen LogP contribution in [0.3, 0.4) is 0 Å². The van der Waals surface area contributed by atoms with Crippen molar-refractivity contribution >= 4 is 21.9 Å². The molecule has 0 aliphatic rings. The SMILES string of the molecule is O=c1cc(-c2ccc(Oc3cc(-c4cc(=O)c5c(O)cc(O)cc5o4)ccc3O)c(O)c2)oc2cc(O)cc(O)c12. The van der Waals surface area contributed by atoms with E-state index in [0.29, 0.717) is 5.56 Å². The van der Waals surface area contributed by atoms with Gasteiger partial charge in [0.05, 0.1) is 0 Å². The molecule has 6 rings (SSSR count). The lowest BCUT2D eigenvalue weighted by Gasteiger charge is -2.12. The molecule has 0 spiro atoms. The van der Waals surface area contributed by atoms with Crippen LogP contribution in [0.2, 0.25) is 0 Å². The maximum atomic E-state index is 12.6. The number of aromatic hydroxyl groups is 6. The van der Waals surface area contributed by atoms with Gasteiger partial charge in [0.2, 0.25) is 0 Å². The van der Waals surface area contributed by atoms with E-state index in [0.717, 1.165) is 24.3 Å². The number of fused-ring (bicyclic) bond motifs is 2. The van der Waals surface area contributed by atoms with Crippen molar-refractivity contribution in [2.24, 2.45) is 0 Å². The number of ether oxygens (including phenoxy) is 1. The van der Waals surface area contributed by atoms with Gasteiger partial charge in [-0.15, -0.1) is 0 Å². The minimum absolute atomic E-state index is 0.0441. The normalized spacial score (nSPS) is 11.2. The van der Waals surface area contributed by atoms with Crippen molar-refractivity contribution in [2.75, 3.05) is 0 Å². The Balaban J connectivity index is 1.35. The van der Waals surface area contributed by atoms with Crippen molar-refractivity contribution in [3.8, 4) is 68.6 Å². The molecule has 11 heteroatoms. The second kappa shape index (κ2) is 9.27. The Bertz CT molecular complexity index is 2140. The average molecular weight is 554 g/mol. The third kappa shape index (κ3) is 4.46. The van der Waals surface area contributed by atoms with Gasteiger partial charge in [0.1, 0.15) is 56.5 Å². The van der Waals surface area contributed by atoms with Crippen LogP contribution in [0.1, 0.15) is 0 Å². The highest BCUT2D eigenvalue weighted by Crippen LogP contribution is 2.40. The molecule has 204 valence electrons. The maximum Gasteiger partial charge on any atom is 0.197 e. The molecule has 41 heavy (non-hydrogen) atoms. The summed E-state index contributed by atoms with van der Waals surface area (Å²) < 4.78 is 17.1. The Morgan fingerprint density at radius 1 is 0.488 bits per heavy atom. The van der Waals surface area contributed by atoms with Crippen molar-refractivity contribution in [3.05, 3.63) is 93.2 Å². The lowest BCUT2D eigenvalue weighted by Crippen LogP contribution is -2.01. The molecule has 6 aromatic rings. The lowest BCUT2D eigenvalue weighted by atomic mass is 10.1. The topological polar surface area (TPSA) is 191 Å². The molecule has 0 aliphatic carbocycles. The Morgan fingerprint density at radius 2 is 1.00 bits per heavy atom. The summed E-state index contributed by atoms with van der Waals surface area (Å²) >= 11 is 0. The van der Waals surface area contributed by atoms with Crippen molar-refractivity contribution in [3.63, 3.8) is 0 Å². The van der Waals surface area contributed by atoms with E-state index in [4.69, 9.17) is 13.6 Å². The lowest BCUT2D eigenvalue weighted by molar-refractivity contribution is 0.385. The number of hydrogen-bond acceptors (Lipinski definition) is 11. The molecular formula is C30H18O11. The predicted molar refractivity (Wildman–Crippen MR) is 146 cm³/mol. The Kier molecular flexibility index (Phi) is 5.70. The minimum Gasteiger partial charge on any atom is -0.508 e. The van der Waals surface area contributed by atoms with E-state index < -0.39 is 22.4 Å². The van der Waals surface area contributed by atoms with Gasteiger partial charge in [0.15, 0.2) is 33.9 Å². The average Bonchev–Trinajstić information content (AvgIpc) is 2.89. The molecule has 0 amide bonds. The van der Waals surface area contributed by atoms with Crippen LogP contribution in [0, 0.1) is 0 Å². The zero-order valence-electron chi connectivity index (χ0n) is 20.7. The summed E-state index contributed by atoms with van der Waals surface area (Å²) in [7, 11) is 0. The van der Waals surface area contributed by atoms with Crippen molar-refractivity contribution in [2.45, 2.75) is 0 Å². The molecule has 11 nitrogen and oxygen atoms in total. The number of phenols is 6. The first-order chi connectivity index (χ1) is 19.6. The first-order valence-electron chi connectivity index (χ1n) is 11.9. The summed E-state index contributed by atoms with van der Waals surface area (Å²) in [5.74, 6) is -2.23. The monoisotopic (exact) mass is 554 g/mol. The van der Waals surface area contributed by atoms with E-state index in [2.05, 4.69) is 0 Å². The summed E-state index contributed by atoms with van der Waals surface area (Å²) in [6.45, 7) is 0. The summed E-state index contributed by atoms with van der Waals surface area (Å²) in [6.07, 6.45) is 0. The van der Waals surface area contributed by atoms with Crippen molar-refractivity contribution in [1.82, 2.24) is 0 Å². The van der Waals surface area contributed by atoms with Crippen LogP contribution in [0.4, 0.5) is 0 Å². The molecule has 0 fully saturated rings. The largest absolute Gasteiger partial charge is 0.508 e. The molecular weight excluding hydrogens is 536 g/mol. The van der Waals surface area contributed by atoms with E-state index in [1.807, 2.05) is 0 Å². The van der Waals surface area contributed by atoms with E-state index in [-0.39, 0.29) is 73.5 Å². The number of hydrogen-bond donors (Lipinski definition) is 6. The fourth-order valence-corrected chi connectivity index (χ4v) is 4.42. The predicted octanol–water partition coefficient (Wildman–Crippen LogP) is 5.26. The first-order valence-corrected chi connectivity index (χ1v) is 11.9. The zero-order chi connectivity index (χ0) is 29.0. The minimum atomic E-state index is -0.564. The molecule has 6 N–H and O–H groups in total. The Labute approximate surface area is 228 Å². The maximum absolute atomic E-state index is 12.6. The smallest absolute Gasteiger partial charge is 0.197 e. The third-order valence-electron chi connectivity index (χ3n) is 6.30. The fraction of sp³-hybridized carbons (Fsp3) is 0. The number of rotatable bonds is 4. The molecule has 4 aromatic carbocycles. The highest BCUT2D eigenvalue weighted by molar-refractivity contribution is 5.87. The van der Waals surface area contributed by atoms with Gasteiger partial charge in [0, 0.05) is 47.5 Å². The standard InChI is InChI=1S/C30H18O11/c31-15-7-19(35)29-21(37)11-24(40-27(29)9-15)13-2-4-23(18(34)5-13)39-26-6-14(1-3-17(26)33)25-12-22(38)30-20(36)8-16(32)10-28(30)41-25/h1-12,31-36H. The molecule has 0 saturated carbocycles. The highest BCUT2D eigenvalue weighted by atomic mass is 16.5. The third-order valence-corrected chi connectivity index (χ3v) is 6.30. The second-order valence-corrected chi connectivity index (χ2v) is 9.09. The van der Waals surface area contributed by atoms with Crippen molar-refractivity contribution in [1.29, 1.82) is 0 Å². The molecule has 0 radical (unpaired) electrons. The van der Waals surface area contributed by atoms with Crippen LogP contribution in [0.25, 0.3) is 44.6 Å². The van der Waals surface area contributed by atoms with Crippen molar-refractivity contribution < 1.29 is 44.2 Å². The molecule has 0 saturated heterocycles. The zero-order valence-corrected chi connectivity index (χ0v) is 20.7. The van der Waals surface area contributed by atoms with E-state index in [1.165, 1.54) is 48.5 Å². The van der Waals surface area contributed by atoms with Crippen LogP contribution in [-0.2, 0) is 0 Å².